The van der Waals surface area contributed by atoms with Gasteiger partial charge in [0.25, 0.3) is 0 Å². The van der Waals surface area contributed by atoms with E-state index in [0.717, 1.165) is 0 Å². The number of alkyl carbamates (subject to hydrolysis) is 2. The smallest absolute Gasteiger partial charge is 0.408 e. The van der Waals surface area contributed by atoms with Gasteiger partial charge < -0.3 is 25.4 Å². The fourth-order valence-electron chi connectivity index (χ4n) is 1.37. The van der Waals surface area contributed by atoms with Gasteiger partial charge in [0.05, 0.1) is 0 Å². The summed E-state index contributed by atoms with van der Waals surface area (Å²) in [7, 11) is 0. The molecule has 0 aromatic carbocycles. The second-order valence-corrected chi connectivity index (χ2v) is 7.09. The van der Waals surface area contributed by atoms with Crippen molar-refractivity contribution in [1.82, 2.24) is 16.0 Å². The highest BCUT2D eigenvalue weighted by atomic mass is 16.6. The summed E-state index contributed by atoms with van der Waals surface area (Å²) < 4.78 is 10.1. The Bertz CT molecular complexity index is 424. The van der Waals surface area contributed by atoms with Crippen molar-refractivity contribution in [1.29, 1.82) is 0 Å². The Balaban J connectivity index is 3.98. The van der Waals surface area contributed by atoms with Crippen molar-refractivity contribution in [2.75, 3.05) is 13.1 Å². The van der Waals surface area contributed by atoms with Crippen LogP contribution < -0.4 is 16.0 Å². The first-order valence-corrected chi connectivity index (χ1v) is 7.54. The van der Waals surface area contributed by atoms with Crippen LogP contribution in [0.1, 0.15) is 48.5 Å². The molecule has 3 amide bonds. The molecule has 0 unspecified atom stereocenters. The number of carbonyl (C=O) groups excluding carboxylic acids is 3. The molecule has 0 spiro atoms. The molecule has 0 heterocycles. The van der Waals surface area contributed by atoms with E-state index in [4.69, 9.17) is 9.47 Å². The molecule has 0 bridgehead atoms. The van der Waals surface area contributed by atoms with Crippen LogP contribution in [0.2, 0.25) is 0 Å². The predicted molar refractivity (Wildman–Crippen MR) is 86.1 cm³/mol. The van der Waals surface area contributed by atoms with E-state index in [1.165, 1.54) is 0 Å². The van der Waals surface area contributed by atoms with Crippen LogP contribution in [0.25, 0.3) is 0 Å². The number of rotatable bonds is 5. The molecule has 0 fully saturated rings. The third-order valence-electron chi connectivity index (χ3n) is 2.22. The van der Waals surface area contributed by atoms with Gasteiger partial charge in [-0.05, 0) is 48.5 Å². The molecule has 3 N–H and O–H groups in total. The Hall–Kier alpha value is -1.99. The van der Waals surface area contributed by atoms with Gasteiger partial charge in [0, 0.05) is 13.1 Å². The fraction of sp³-hybridized carbons (Fsp3) is 0.800. The number of carbonyl (C=O) groups is 3. The molecule has 0 radical (unpaired) electrons. The van der Waals surface area contributed by atoms with Crippen LogP contribution in [-0.4, -0.2) is 48.4 Å². The number of hydrogen-bond donors (Lipinski definition) is 3. The maximum absolute atomic E-state index is 11.8. The lowest BCUT2D eigenvalue weighted by Gasteiger charge is -2.22. The molecule has 1 atom stereocenters. The summed E-state index contributed by atoms with van der Waals surface area (Å²) in [5.41, 5.74) is -1.20. The molecule has 8 nitrogen and oxygen atoms in total. The zero-order valence-electron chi connectivity index (χ0n) is 15.0. The fourth-order valence-corrected chi connectivity index (χ4v) is 1.37. The quantitative estimate of drug-likeness (QED) is 0.663. The van der Waals surface area contributed by atoms with Gasteiger partial charge in [-0.1, -0.05) is 0 Å². The van der Waals surface area contributed by atoms with Crippen LogP contribution in [0.4, 0.5) is 9.59 Å². The number of hydrogen-bond acceptors (Lipinski definition) is 5. The summed E-state index contributed by atoms with van der Waals surface area (Å²) >= 11 is 0. The standard InChI is InChI=1S/C15H29N3O5/c1-10(18-13(21)23-15(5,6)7)11(19)16-8-9-17-12(20)22-14(2,3)4/h10H,8-9H2,1-7H3,(H,16,19)(H,17,20)(H,18,21)/t10-/m0/s1. The van der Waals surface area contributed by atoms with Crippen molar-refractivity contribution >= 4 is 18.1 Å². The van der Waals surface area contributed by atoms with Crippen molar-refractivity contribution in [3.05, 3.63) is 0 Å². The highest BCUT2D eigenvalue weighted by molar-refractivity contribution is 5.85. The monoisotopic (exact) mass is 331 g/mol. The third-order valence-corrected chi connectivity index (χ3v) is 2.22. The van der Waals surface area contributed by atoms with E-state index < -0.39 is 29.4 Å². The van der Waals surface area contributed by atoms with E-state index in [1.54, 1.807) is 48.5 Å². The molecule has 0 rings (SSSR count). The first-order chi connectivity index (χ1) is 10.3. The predicted octanol–water partition coefficient (Wildman–Crippen LogP) is 1.54. The van der Waals surface area contributed by atoms with Gasteiger partial charge >= 0.3 is 12.2 Å². The van der Waals surface area contributed by atoms with Crippen molar-refractivity contribution < 1.29 is 23.9 Å². The lowest BCUT2D eigenvalue weighted by molar-refractivity contribution is -0.122. The lowest BCUT2D eigenvalue weighted by atomic mass is 10.2. The molecule has 0 aromatic heterocycles. The normalized spacial score (nSPS) is 12.8. The molecule has 23 heavy (non-hydrogen) atoms. The van der Waals surface area contributed by atoms with E-state index in [0.29, 0.717) is 0 Å². The topological polar surface area (TPSA) is 106 Å². The molecule has 0 aromatic rings. The maximum atomic E-state index is 11.8. The van der Waals surface area contributed by atoms with Gasteiger partial charge in [-0.25, -0.2) is 9.59 Å². The molecular weight excluding hydrogens is 302 g/mol. The molecule has 8 heteroatoms. The Morgan fingerprint density at radius 3 is 1.74 bits per heavy atom. The minimum Gasteiger partial charge on any atom is -0.444 e. The summed E-state index contributed by atoms with van der Waals surface area (Å²) in [5.74, 6) is -0.373. The average Bonchev–Trinajstić information content (AvgIpc) is 2.29. The Labute approximate surface area is 137 Å². The van der Waals surface area contributed by atoms with Crippen LogP contribution in [0.15, 0.2) is 0 Å². The average molecular weight is 331 g/mol. The second kappa shape index (κ2) is 8.59. The van der Waals surface area contributed by atoms with Crippen molar-refractivity contribution in [3.8, 4) is 0 Å². The number of ether oxygens (including phenoxy) is 2. The summed E-state index contributed by atoms with van der Waals surface area (Å²) in [6.45, 7) is 12.5. The minimum absolute atomic E-state index is 0.221. The first-order valence-electron chi connectivity index (χ1n) is 7.54. The van der Waals surface area contributed by atoms with Crippen LogP contribution in [-0.2, 0) is 14.3 Å². The number of amides is 3. The molecule has 0 saturated carbocycles. The molecule has 134 valence electrons. The van der Waals surface area contributed by atoms with Gasteiger partial charge in [-0.2, -0.15) is 0 Å². The molecule has 0 aliphatic heterocycles. The summed E-state index contributed by atoms with van der Waals surface area (Å²) in [6, 6.07) is -0.744. The largest absolute Gasteiger partial charge is 0.444 e. The second-order valence-electron chi connectivity index (χ2n) is 7.09. The maximum Gasteiger partial charge on any atom is 0.408 e. The molecule has 0 saturated heterocycles. The van der Waals surface area contributed by atoms with Crippen molar-refractivity contribution in [3.63, 3.8) is 0 Å². The first kappa shape index (κ1) is 21.0. The molecular formula is C15H29N3O5. The van der Waals surface area contributed by atoms with Gasteiger partial charge in [-0.3, -0.25) is 4.79 Å². The van der Waals surface area contributed by atoms with Crippen molar-refractivity contribution in [2.45, 2.75) is 65.7 Å². The third kappa shape index (κ3) is 12.3. The highest BCUT2D eigenvalue weighted by Crippen LogP contribution is 2.07. The summed E-state index contributed by atoms with van der Waals surface area (Å²) in [6.07, 6.45) is -1.21. The van der Waals surface area contributed by atoms with Crippen LogP contribution >= 0.6 is 0 Å². The Morgan fingerprint density at radius 1 is 0.826 bits per heavy atom. The van der Waals surface area contributed by atoms with Gasteiger partial charge in [0.1, 0.15) is 17.2 Å². The van der Waals surface area contributed by atoms with E-state index in [1.807, 2.05) is 0 Å². The van der Waals surface area contributed by atoms with Gasteiger partial charge in [0.2, 0.25) is 5.91 Å². The number of nitrogens with one attached hydrogen (secondary N) is 3. The molecule has 0 aliphatic carbocycles. The van der Waals surface area contributed by atoms with Gasteiger partial charge in [-0.15, -0.1) is 0 Å². The Morgan fingerprint density at radius 2 is 1.26 bits per heavy atom. The minimum atomic E-state index is -0.744. The summed E-state index contributed by atoms with van der Waals surface area (Å²) in [5, 5.41) is 7.54. The van der Waals surface area contributed by atoms with Crippen molar-refractivity contribution in [2.24, 2.45) is 0 Å². The zero-order valence-corrected chi connectivity index (χ0v) is 15.0. The SMILES string of the molecule is C[C@H](NC(=O)OC(C)(C)C)C(=O)NCCNC(=O)OC(C)(C)C. The van der Waals surface area contributed by atoms with Gasteiger partial charge in [0.15, 0.2) is 0 Å². The van der Waals surface area contributed by atoms with E-state index in [-0.39, 0.29) is 19.0 Å². The van der Waals surface area contributed by atoms with Crippen LogP contribution in [0.5, 0.6) is 0 Å². The summed E-state index contributed by atoms with van der Waals surface area (Å²) in [4.78, 5) is 34.7. The van der Waals surface area contributed by atoms with Crippen LogP contribution in [0, 0.1) is 0 Å². The Kier molecular flexibility index (Phi) is 7.85. The lowest BCUT2D eigenvalue weighted by Crippen LogP contribution is -2.48. The van der Waals surface area contributed by atoms with E-state index in [9.17, 15) is 14.4 Å². The van der Waals surface area contributed by atoms with E-state index >= 15 is 0 Å². The van der Waals surface area contributed by atoms with Crippen LogP contribution in [0.3, 0.4) is 0 Å². The highest BCUT2D eigenvalue weighted by Gasteiger charge is 2.21. The van der Waals surface area contributed by atoms with E-state index in [2.05, 4.69) is 16.0 Å². The molecule has 0 aliphatic rings. The zero-order chi connectivity index (χ0) is 18.3.